The third-order valence-electron chi connectivity index (χ3n) is 9.10. The fourth-order valence-corrected chi connectivity index (χ4v) is 6.61. The topological polar surface area (TPSA) is 262 Å². The van der Waals surface area contributed by atoms with Crippen LogP contribution < -0.4 is 5.26 Å². The zero-order valence-corrected chi connectivity index (χ0v) is 27.8. The Morgan fingerprint density at radius 2 is 1.40 bits per heavy atom. The van der Waals surface area contributed by atoms with Crippen molar-refractivity contribution >= 4 is 11.9 Å². The van der Waals surface area contributed by atoms with Gasteiger partial charge in [0.05, 0.1) is 69.5 Å². The van der Waals surface area contributed by atoms with Gasteiger partial charge in [-0.3, -0.25) is 9.59 Å². The van der Waals surface area contributed by atoms with Gasteiger partial charge in [-0.2, -0.15) is 0 Å². The Morgan fingerprint density at radius 1 is 0.750 bits per heavy atom. The number of ether oxygens (including phenoxy) is 8. The SMILES string of the molecule is CCC(O[O-])C1OC(OCC2C(O)C(COC)OC(O)C2OC(C)=O)C(O)C(O)C1COCC1OC(CO)C(O)C(CC)C1OC(C)=O. The predicted molar refractivity (Wildman–Crippen MR) is 155 cm³/mol. The highest BCUT2D eigenvalue weighted by Gasteiger charge is 2.51. The molecule has 3 aliphatic heterocycles. The van der Waals surface area contributed by atoms with E-state index in [1.54, 1.807) is 13.8 Å². The normalized spacial score (nSPS) is 41.0. The van der Waals surface area contributed by atoms with Gasteiger partial charge in [0.2, 0.25) is 0 Å². The smallest absolute Gasteiger partial charge is 0.303 e. The van der Waals surface area contributed by atoms with Gasteiger partial charge in [-0.25, -0.2) is 0 Å². The van der Waals surface area contributed by atoms with Crippen LogP contribution in [-0.4, -0.2) is 162 Å². The minimum atomic E-state index is -1.71. The van der Waals surface area contributed by atoms with E-state index in [1.165, 1.54) is 14.0 Å². The van der Waals surface area contributed by atoms with Crippen molar-refractivity contribution < 1.29 is 88.3 Å². The van der Waals surface area contributed by atoms with E-state index in [-0.39, 0.29) is 26.2 Å². The molecule has 16 atom stereocenters. The van der Waals surface area contributed by atoms with E-state index >= 15 is 0 Å². The molecule has 48 heavy (non-hydrogen) atoms. The number of hydrogen-bond acceptors (Lipinski definition) is 18. The van der Waals surface area contributed by atoms with Gasteiger partial charge in [0, 0.05) is 32.8 Å². The van der Waals surface area contributed by atoms with Gasteiger partial charge in [0.1, 0.15) is 30.5 Å². The number of carbonyl (C=O) groups excluding carboxylic acids is 2. The molecular weight excluding hydrogens is 648 g/mol. The number of methoxy groups -OCH3 is 1. The molecule has 0 aromatic carbocycles. The number of aliphatic hydroxyl groups is 6. The second-order valence-electron chi connectivity index (χ2n) is 12.3. The molecule has 16 unspecified atom stereocenters. The van der Waals surface area contributed by atoms with Crippen molar-refractivity contribution in [2.75, 3.05) is 40.1 Å². The summed E-state index contributed by atoms with van der Waals surface area (Å²) in [5.41, 5.74) is 0. The summed E-state index contributed by atoms with van der Waals surface area (Å²) in [4.78, 5) is 28.0. The van der Waals surface area contributed by atoms with Gasteiger partial charge in [-0.15, -0.1) is 0 Å². The standard InChI is InChI=1S/C30H52O18/c1-6-15-22(34)19(8-31)45-21(26(15)43-13(3)32)12-41-9-16-24(36)25(37)30(47-27(16)18(7-2)48-39)42-10-17-23(35)20(11-40-5)46-29(38)28(17)44-14(4)33/h15-31,34-39H,6-12H2,1-5H3/p-1. The fraction of sp³-hybridized carbons (Fsp3) is 0.933. The number of carbonyl (C=O) groups is 2. The molecule has 0 saturated carbocycles. The average Bonchev–Trinajstić information content (AvgIpc) is 3.04. The molecule has 0 aromatic heterocycles. The molecule has 3 saturated heterocycles. The van der Waals surface area contributed by atoms with Crippen molar-refractivity contribution in [3.05, 3.63) is 0 Å². The lowest BCUT2D eigenvalue weighted by atomic mass is 9.84. The van der Waals surface area contributed by atoms with Gasteiger partial charge < -0.3 is 78.7 Å². The maximum Gasteiger partial charge on any atom is 0.303 e. The molecule has 0 aliphatic carbocycles. The van der Waals surface area contributed by atoms with Gasteiger partial charge >= 0.3 is 11.9 Å². The van der Waals surface area contributed by atoms with Crippen LogP contribution in [0.5, 0.6) is 0 Å². The van der Waals surface area contributed by atoms with E-state index in [1.807, 2.05) is 0 Å². The summed E-state index contributed by atoms with van der Waals surface area (Å²) in [5.74, 6) is -4.07. The Bertz CT molecular complexity index is 983. The first-order valence-electron chi connectivity index (χ1n) is 16.1. The second kappa shape index (κ2) is 19.1. The Hall–Kier alpha value is -1.62. The van der Waals surface area contributed by atoms with Crippen molar-refractivity contribution in [2.24, 2.45) is 17.8 Å². The van der Waals surface area contributed by atoms with Crippen LogP contribution in [0.2, 0.25) is 0 Å². The lowest BCUT2D eigenvalue weighted by Gasteiger charge is -2.47. The number of aliphatic hydroxyl groups excluding tert-OH is 6. The van der Waals surface area contributed by atoms with Crippen molar-refractivity contribution in [1.82, 2.24) is 0 Å². The van der Waals surface area contributed by atoms with E-state index < -0.39 is 123 Å². The Balaban J connectivity index is 1.75. The number of hydrogen-bond donors (Lipinski definition) is 6. The first-order chi connectivity index (χ1) is 22.8. The number of rotatable bonds is 16. The van der Waals surface area contributed by atoms with Crippen LogP contribution in [-0.2, 0) is 52.4 Å². The molecule has 0 bridgehead atoms. The van der Waals surface area contributed by atoms with E-state index in [0.717, 1.165) is 6.92 Å². The molecule has 6 N–H and O–H groups in total. The predicted octanol–water partition coefficient (Wildman–Crippen LogP) is -3.50. The minimum Gasteiger partial charge on any atom is -0.723 e. The van der Waals surface area contributed by atoms with Crippen LogP contribution in [0.3, 0.4) is 0 Å². The molecular formula is C30H51O18-. The molecule has 3 rings (SSSR count). The molecule has 3 aliphatic rings. The van der Waals surface area contributed by atoms with Gasteiger partial charge in [0.25, 0.3) is 0 Å². The highest BCUT2D eigenvalue weighted by Crippen LogP contribution is 2.35. The first-order valence-corrected chi connectivity index (χ1v) is 16.1. The van der Waals surface area contributed by atoms with Crippen molar-refractivity contribution in [2.45, 2.75) is 120 Å². The van der Waals surface area contributed by atoms with Gasteiger partial charge in [-0.1, -0.05) is 13.8 Å². The lowest BCUT2D eigenvalue weighted by molar-refractivity contribution is -0.707. The van der Waals surface area contributed by atoms with E-state index in [4.69, 9.17) is 37.9 Å². The molecule has 18 heteroatoms. The minimum absolute atomic E-state index is 0.112. The highest BCUT2D eigenvalue weighted by molar-refractivity contribution is 5.66. The zero-order chi connectivity index (χ0) is 35.7. The Kier molecular flexibility index (Phi) is 16.3. The third kappa shape index (κ3) is 9.79. The van der Waals surface area contributed by atoms with Crippen LogP contribution in [0.25, 0.3) is 0 Å². The quantitative estimate of drug-likeness (QED) is 0.0519. The molecule has 18 nitrogen and oxygen atoms in total. The summed E-state index contributed by atoms with van der Waals surface area (Å²) in [6.45, 7) is 4.16. The van der Waals surface area contributed by atoms with E-state index in [2.05, 4.69) is 4.89 Å². The second-order valence-corrected chi connectivity index (χ2v) is 12.3. The lowest BCUT2D eigenvalue weighted by Crippen LogP contribution is -2.62. The van der Waals surface area contributed by atoms with E-state index in [9.17, 15) is 45.5 Å². The highest BCUT2D eigenvalue weighted by atomic mass is 17.1. The molecule has 0 spiro atoms. The first kappa shape index (κ1) is 40.8. The van der Waals surface area contributed by atoms with Crippen LogP contribution >= 0.6 is 0 Å². The maximum absolute atomic E-state index is 11.8. The summed E-state index contributed by atoms with van der Waals surface area (Å²) in [6.07, 6.45) is -15.9. The monoisotopic (exact) mass is 699 g/mol. The molecule has 3 heterocycles. The van der Waals surface area contributed by atoms with Crippen molar-refractivity contribution in [3.8, 4) is 0 Å². The van der Waals surface area contributed by atoms with Crippen LogP contribution in [0.4, 0.5) is 0 Å². The maximum atomic E-state index is 11.8. The largest absolute Gasteiger partial charge is 0.723 e. The van der Waals surface area contributed by atoms with Gasteiger partial charge in [0.15, 0.2) is 18.7 Å². The zero-order valence-electron chi connectivity index (χ0n) is 27.8. The molecule has 0 radical (unpaired) electrons. The average molecular weight is 700 g/mol. The molecule has 280 valence electrons. The Morgan fingerprint density at radius 3 is 1.96 bits per heavy atom. The van der Waals surface area contributed by atoms with Crippen LogP contribution in [0.15, 0.2) is 0 Å². The summed E-state index contributed by atoms with van der Waals surface area (Å²) < 4.78 is 44.4. The molecule has 0 aromatic rings. The summed E-state index contributed by atoms with van der Waals surface area (Å²) in [7, 11) is 1.36. The van der Waals surface area contributed by atoms with Crippen molar-refractivity contribution in [1.29, 1.82) is 0 Å². The van der Waals surface area contributed by atoms with Gasteiger partial charge in [-0.05, 0) is 12.8 Å². The summed E-state index contributed by atoms with van der Waals surface area (Å²) in [6, 6.07) is 0. The van der Waals surface area contributed by atoms with Crippen LogP contribution in [0.1, 0.15) is 40.5 Å². The summed E-state index contributed by atoms with van der Waals surface area (Å²) >= 11 is 0. The van der Waals surface area contributed by atoms with Crippen molar-refractivity contribution in [3.63, 3.8) is 0 Å². The fourth-order valence-electron chi connectivity index (χ4n) is 6.61. The van der Waals surface area contributed by atoms with Crippen LogP contribution in [0, 0.1) is 17.8 Å². The third-order valence-corrected chi connectivity index (χ3v) is 9.10. The number of esters is 2. The molecule has 0 amide bonds. The Labute approximate surface area is 278 Å². The van der Waals surface area contributed by atoms with E-state index in [0.29, 0.717) is 6.42 Å². The summed E-state index contributed by atoms with van der Waals surface area (Å²) in [5, 5.41) is 75.8. The molecule has 3 fully saturated rings.